The van der Waals surface area contributed by atoms with Gasteiger partial charge in [0, 0.05) is 39.4 Å². The molecule has 0 spiro atoms. The molecule has 0 aromatic carbocycles. The number of hydrogen-bond acceptors (Lipinski definition) is 5. The van der Waals surface area contributed by atoms with E-state index in [0.29, 0.717) is 18.7 Å². The molecule has 0 N–H and O–H groups in total. The maximum atomic E-state index is 11.8. The third-order valence-electron chi connectivity index (χ3n) is 3.95. The number of nitrogens with zero attached hydrogens (tertiary/aromatic N) is 4. The van der Waals surface area contributed by atoms with E-state index in [1.54, 1.807) is 0 Å². The smallest absolute Gasteiger partial charge is 0.157 e. The van der Waals surface area contributed by atoms with Crippen LogP contribution < -0.4 is 0 Å². The van der Waals surface area contributed by atoms with Gasteiger partial charge >= 0.3 is 0 Å². The van der Waals surface area contributed by atoms with Crippen molar-refractivity contribution in [2.24, 2.45) is 4.99 Å². The summed E-state index contributed by atoms with van der Waals surface area (Å²) in [5.41, 5.74) is 2.50. The van der Waals surface area contributed by atoms with Crippen LogP contribution in [0.25, 0.3) is 0 Å². The number of aliphatic imine (C=N–C) groups is 1. The monoisotopic (exact) mass is 260 g/mol. The summed E-state index contributed by atoms with van der Waals surface area (Å²) < 4.78 is 0. The summed E-state index contributed by atoms with van der Waals surface area (Å²) in [6.07, 6.45) is 7.83. The largest absolute Gasteiger partial charge is 0.298 e. The summed E-state index contributed by atoms with van der Waals surface area (Å²) in [5.74, 6) is 0.294. The third-order valence-corrected chi connectivity index (χ3v) is 3.95. The van der Waals surface area contributed by atoms with Crippen molar-refractivity contribution in [3.63, 3.8) is 0 Å². The van der Waals surface area contributed by atoms with Crippen LogP contribution in [0.5, 0.6) is 0 Å². The zero-order valence-corrected chi connectivity index (χ0v) is 11.7. The van der Waals surface area contributed by atoms with Gasteiger partial charge in [-0.2, -0.15) is 0 Å². The lowest BCUT2D eigenvalue weighted by molar-refractivity contribution is -0.121. The minimum atomic E-state index is 0.0492. The molecule has 0 aromatic rings. The average Bonchev–Trinajstić information content (AvgIpc) is 2.36. The van der Waals surface area contributed by atoms with E-state index in [2.05, 4.69) is 27.2 Å². The number of dihydropyridines is 1. The molecule has 19 heavy (non-hydrogen) atoms. The van der Waals surface area contributed by atoms with Crippen LogP contribution in [0.3, 0.4) is 0 Å². The molecule has 0 radical (unpaired) electrons. The van der Waals surface area contributed by atoms with Gasteiger partial charge in [0.15, 0.2) is 11.9 Å². The maximum absolute atomic E-state index is 11.8. The number of rotatable bonds is 1. The Hall–Kier alpha value is -1.46. The second-order valence-corrected chi connectivity index (χ2v) is 5.61. The number of piperidine rings is 1. The number of carbonyl (C=O) groups excluding carboxylic acids is 1. The van der Waals surface area contributed by atoms with Gasteiger partial charge in [0.2, 0.25) is 0 Å². The van der Waals surface area contributed by atoms with Crippen LogP contribution in [0.1, 0.15) is 12.8 Å². The van der Waals surface area contributed by atoms with E-state index < -0.39 is 0 Å². The molecule has 3 aliphatic rings. The molecule has 3 heterocycles. The number of likely N-dealkylation sites (N-methyl/N-ethyl adjacent to an activating group) is 1. The lowest BCUT2D eigenvalue weighted by Crippen LogP contribution is -2.54. The van der Waals surface area contributed by atoms with E-state index >= 15 is 0 Å². The van der Waals surface area contributed by atoms with Crippen molar-refractivity contribution in [1.29, 1.82) is 0 Å². The fourth-order valence-corrected chi connectivity index (χ4v) is 3.21. The van der Waals surface area contributed by atoms with Crippen LogP contribution in [0, 0.1) is 0 Å². The Bertz CT molecular complexity index is 492. The van der Waals surface area contributed by atoms with Crippen molar-refractivity contribution in [1.82, 2.24) is 14.9 Å². The summed E-state index contributed by atoms with van der Waals surface area (Å²) in [4.78, 5) is 18.6. The minimum Gasteiger partial charge on any atom is -0.298 e. The molecule has 0 amide bonds. The average molecular weight is 260 g/mol. The van der Waals surface area contributed by atoms with Crippen LogP contribution in [0.2, 0.25) is 0 Å². The molecular formula is C14H20N4O. The Balaban J connectivity index is 2.05. The van der Waals surface area contributed by atoms with Gasteiger partial charge < -0.3 is 0 Å². The maximum Gasteiger partial charge on any atom is 0.157 e. The number of ketones is 1. The van der Waals surface area contributed by atoms with E-state index in [1.165, 1.54) is 11.1 Å². The first-order valence-electron chi connectivity index (χ1n) is 6.67. The van der Waals surface area contributed by atoms with Crippen molar-refractivity contribution >= 4 is 12.0 Å². The summed E-state index contributed by atoms with van der Waals surface area (Å²) in [6, 6.07) is 0.247. The zero-order valence-electron chi connectivity index (χ0n) is 11.7. The second-order valence-electron chi connectivity index (χ2n) is 5.61. The number of likely N-dealkylation sites (tertiary alicyclic amines) is 1. The number of hydrazine groups is 1. The van der Waals surface area contributed by atoms with Gasteiger partial charge in [0.25, 0.3) is 0 Å². The molecule has 2 atom stereocenters. The topological polar surface area (TPSA) is 39.2 Å². The van der Waals surface area contributed by atoms with Gasteiger partial charge in [0.1, 0.15) is 0 Å². The molecule has 0 bridgehead atoms. The van der Waals surface area contributed by atoms with Crippen LogP contribution in [-0.4, -0.2) is 66.8 Å². The first kappa shape index (κ1) is 12.6. The highest BCUT2D eigenvalue weighted by atomic mass is 16.1. The quantitative estimate of drug-likeness (QED) is 0.649. The molecule has 3 aliphatic heterocycles. The predicted octanol–water partition coefficient (Wildman–Crippen LogP) is 0.663. The second kappa shape index (κ2) is 4.58. The fourth-order valence-electron chi connectivity index (χ4n) is 3.21. The Kier molecular flexibility index (Phi) is 3.03. The molecule has 3 rings (SSSR count). The number of Topliss-reactive ketones (excluding diaryl/α,β-unsaturated/α-hetero) is 1. The Labute approximate surface area is 113 Å². The molecule has 1 fully saturated rings. The van der Waals surface area contributed by atoms with Crippen LogP contribution in [-0.2, 0) is 4.79 Å². The van der Waals surface area contributed by atoms with E-state index in [4.69, 9.17) is 0 Å². The highest BCUT2D eigenvalue weighted by molar-refractivity contribution is 5.85. The first-order valence-corrected chi connectivity index (χ1v) is 6.67. The molecule has 5 nitrogen and oxygen atoms in total. The van der Waals surface area contributed by atoms with Crippen LogP contribution >= 0.6 is 0 Å². The van der Waals surface area contributed by atoms with E-state index in [9.17, 15) is 4.79 Å². The Morgan fingerprint density at radius 2 is 2.21 bits per heavy atom. The van der Waals surface area contributed by atoms with Gasteiger partial charge in [-0.05, 0) is 18.2 Å². The Morgan fingerprint density at radius 3 is 2.95 bits per heavy atom. The summed E-state index contributed by atoms with van der Waals surface area (Å²) in [6.45, 7) is 0.539. The molecule has 0 aromatic heterocycles. The fraction of sp³-hybridized carbons (Fsp3) is 0.571. The summed E-state index contributed by atoms with van der Waals surface area (Å²) >= 11 is 0. The van der Waals surface area contributed by atoms with Gasteiger partial charge in [-0.25, -0.2) is 5.01 Å². The Morgan fingerprint density at radius 1 is 1.42 bits per heavy atom. The van der Waals surface area contributed by atoms with Crippen molar-refractivity contribution in [2.45, 2.75) is 25.0 Å². The highest BCUT2D eigenvalue weighted by Gasteiger charge is 2.40. The molecule has 5 heteroatoms. The number of allylic oxidation sites excluding steroid dienone is 1. The van der Waals surface area contributed by atoms with Crippen LogP contribution in [0.4, 0.5) is 0 Å². The number of carbonyl (C=O) groups is 1. The molecule has 2 unspecified atom stereocenters. The molecule has 1 saturated heterocycles. The lowest BCUT2D eigenvalue weighted by Gasteiger charge is -2.47. The SMILES string of the molecule is CN1CC(=O)CC2=CN(N(C)C)C3N=CCC=C3C21. The minimum absolute atomic E-state index is 0.0492. The van der Waals surface area contributed by atoms with Gasteiger partial charge in [-0.3, -0.25) is 19.7 Å². The van der Waals surface area contributed by atoms with E-state index in [0.717, 1.165) is 6.42 Å². The molecular weight excluding hydrogens is 240 g/mol. The van der Waals surface area contributed by atoms with E-state index in [1.807, 2.05) is 32.4 Å². The van der Waals surface area contributed by atoms with E-state index in [-0.39, 0.29) is 12.2 Å². The summed E-state index contributed by atoms with van der Waals surface area (Å²) in [7, 11) is 6.04. The van der Waals surface area contributed by atoms with Crippen molar-refractivity contribution in [3.8, 4) is 0 Å². The standard InChI is InChI=1S/C14H20N4O/c1-16(2)18-8-10-7-11(19)9-17(3)13(10)12-5-4-6-15-14(12)18/h5-6,8,13-14H,4,7,9H2,1-3H3. The number of fused-ring (bicyclic) bond motifs is 3. The first-order chi connectivity index (χ1) is 9.08. The van der Waals surface area contributed by atoms with Gasteiger partial charge in [0.05, 0.1) is 12.6 Å². The van der Waals surface area contributed by atoms with Crippen LogP contribution in [0.15, 0.2) is 28.4 Å². The molecule has 102 valence electrons. The zero-order chi connectivity index (χ0) is 13.6. The number of hydrogen-bond donors (Lipinski definition) is 0. The lowest BCUT2D eigenvalue weighted by atomic mass is 9.85. The highest BCUT2D eigenvalue weighted by Crippen LogP contribution is 2.36. The third kappa shape index (κ3) is 2.03. The molecule has 0 aliphatic carbocycles. The van der Waals surface area contributed by atoms with Crippen molar-refractivity contribution < 1.29 is 4.79 Å². The predicted molar refractivity (Wildman–Crippen MR) is 74.6 cm³/mol. The normalized spacial score (nSPS) is 30.9. The molecule has 0 saturated carbocycles. The van der Waals surface area contributed by atoms with Gasteiger partial charge in [-0.15, -0.1) is 0 Å². The van der Waals surface area contributed by atoms with Crippen molar-refractivity contribution in [2.75, 3.05) is 27.7 Å². The van der Waals surface area contributed by atoms with Gasteiger partial charge in [-0.1, -0.05) is 6.08 Å². The summed E-state index contributed by atoms with van der Waals surface area (Å²) in [5, 5.41) is 4.14. The van der Waals surface area contributed by atoms with Crippen molar-refractivity contribution in [3.05, 3.63) is 23.4 Å².